The third-order valence-corrected chi connectivity index (χ3v) is 2.97. The first-order chi connectivity index (χ1) is 9.33. The molecule has 0 aliphatic carbocycles. The average Bonchev–Trinajstić information content (AvgIpc) is 2.48. The third-order valence-electron chi connectivity index (χ3n) is 2.97. The molecule has 2 heteroatoms. The summed E-state index contributed by atoms with van der Waals surface area (Å²) in [4.78, 5) is 3.64. The number of unbranched alkanes of at least 4 members (excludes halogenated alkanes) is 1. The molecule has 2 nitrogen and oxygen atoms in total. The second kappa shape index (κ2) is 6.61. The molecule has 2 aromatic carbocycles. The predicted molar refractivity (Wildman–Crippen MR) is 80.2 cm³/mol. The van der Waals surface area contributed by atoms with E-state index in [4.69, 9.17) is 11.3 Å². The minimum absolute atomic E-state index is 0.780. The topological polar surface area (TPSA) is 13.6 Å². The van der Waals surface area contributed by atoms with Crippen LogP contribution in [0.25, 0.3) is 16.0 Å². The molecule has 0 saturated heterocycles. The fraction of sp³-hybridized carbons (Fsp3) is 0.235. The van der Waals surface area contributed by atoms with Crippen LogP contribution in [0.15, 0.2) is 48.5 Å². The van der Waals surface area contributed by atoms with Crippen molar-refractivity contribution in [2.24, 2.45) is 0 Å². The van der Waals surface area contributed by atoms with Gasteiger partial charge >= 0.3 is 5.69 Å². The Morgan fingerprint density at radius 3 is 2.05 bits per heavy atom. The summed E-state index contributed by atoms with van der Waals surface area (Å²) in [5, 5.41) is 0. The van der Waals surface area contributed by atoms with Crippen LogP contribution in [-0.4, -0.2) is 6.61 Å². The predicted octanol–water partition coefficient (Wildman–Crippen LogP) is 5.13. The lowest BCUT2D eigenvalue weighted by molar-refractivity contribution is 0.309. The summed E-state index contributed by atoms with van der Waals surface area (Å²) in [6.07, 6.45) is 2.24. The van der Waals surface area contributed by atoms with E-state index in [2.05, 4.69) is 23.9 Å². The van der Waals surface area contributed by atoms with Crippen molar-refractivity contribution in [2.75, 3.05) is 6.61 Å². The lowest BCUT2D eigenvalue weighted by Crippen LogP contribution is -1.95. The van der Waals surface area contributed by atoms with E-state index in [1.54, 1.807) is 0 Å². The van der Waals surface area contributed by atoms with Gasteiger partial charge in [0.05, 0.1) is 6.61 Å². The molecule has 96 valence electrons. The second-order valence-corrected chi connectivity index (χ2v) is 4.40. The summed E-state index contributed by atoms with van der Waals surface area (Å²) in [5.74, 6) is 0.922. The Morgan fingerprint density at radius 1 is 0.947 bits per heavy atom. The zero-order valence-electron chi connectivity index (χ0n) is 11.2. The Morgan fingerprint density at radius 2 is 1.53 bits per heavy atom. The molecule has 0 spiro atoms. The fourth-order valence-electron chi connectivity index (χ4n) is 1.82. The molecule has 0 N–H and O–H groups in total. The molecule has 0 atom stereocenters. The SMILES string of the molecule is C#[N+]c1ccc(-c2ccc(OCCCC)cc2)cc1. The van der Waals surface area contributed by atoms with Gasteiger partial charge in [0.15, 0.2) is 0 Å². The van der Waals surface area contributed by atoms with Crippen LogP contribution in [0, 0.1) is 6.57 Å². The summed E-state index contributed by atoms with van der Waals surface area (Å²) >= 11 is 0. The standard InChI is InChI=1S/C17H18NO/c1-3-4-13-19-17-11-7-15(8-12-17)14-5-9-16(18-2)10-6-14/h2,5-12H,3-4,13H2,1H3/q+1. The molecular weight excluding hydrogens is 234 g/mol. The minimum Gasteiger partial charge on any atom is -0.494 e. The highest BCUT2D eigenvalue weighted by Gasteiger charge is 2.02. The van der Waals surface area contributed by atoms with Gasteiger partial charge in [-0.3, -0.25) is 0 Å². The molecule has 0 saturated carbocycles. The van der Waals surface area contributed by atoms with Crippen molar-refractivity contribution in [1.29, 1.82) is 0 Å². The fourth-order valence-corrected chi connectivity index (χ4v) is 1.82. The maximum absolute atomic E-state index is 5.64. The van der Waals surface area contributed by atoms with Crippen molar-refractivity contribution in [1.82, 2.24) is 0 Å². The molecule has 2 aromatic rings. The van der Waals surface area contributed by atoms with Gasteiger partial charge in [0.1, 0.15) is 5.75 Å². The summed E-state index contributed by atoms with van der Waals surface area (Å²) < 4.78 is 5.64. The van der Waals surface area contributed by atoms with Crippen LogP contribution in [-0.2, 0) is 0 Å². The highest BCUT2D eigenvalue weighted by atomic mass is 16.5. The van der Waals surface area contributed by atoms with E-state index < -0.39 is 0 Å². The van der Waals surface area contributed by atoms with Crippen LogP contribution in [0.4, 0.5) is 5.69 Å². The van der Waals surface area contributed by atoms with Crippen LogP contribution in [0.5, 0.6) is 5.75 Å². The van der Waals surface area contributed by atoms with Gasteiger partial charge in [0.25, 0.3) is 6.57 Å². The Balaban J connectivity index is 2.07. The Kier molecular flexibility index (Phi) is 4.58. The van der Waals surface area contributed by atoms with Gasteiger partial charge in [-0.15, -0.1) is 0 Å². The van der Waals surface area contributed by atoms with Gasteiger partial charge in [0.2, 0.25) is 0 Å². The van der Waals surface area contributed by atoms with Crippen molar-refractivity contribution in [3.63, 3.8) is 0 Å². The molecule has 0 aliphatic rings. The van der Waals surface area contributed by atoms with E-state index in [-0.39, 0.29) is 0 Å². The number of nitrogens with zero attached hydrogens (tertiary/aromatic N) is 1. The van der Waals surface area contributed by atoms with Crippen molar-refractivity contribution in [3.8, 4) is 23.4 Å². The van der Waals surface area contributed by atoms with Gasteiger partial charge in [0, 0.05) is 12.1 Å². The van der Waals surface area contributed by atoms with E-state index in [1.165, 1.54) is 0 Å². The van der Waals surface area contributed by atoms with Crippen LogP contribution in [0.3, 0.4) is 0 Å². The van der Waals surface area contributed by atoms with Crippen molar-refractivity contribution >= 4 is 5.69 Å². The minimum atomic E-state index is 0.780. The summed E-state index contributed by atoms with van der Waals surface area (Å²) in [5.41, 5.74) is 3.09. The Bertz CT molecular complexity index is 549. The van der Waals surface area contributed by atoms with Crippen LogP contribution >= 0.6 is 0 Å². The molecule has 0 unspecified atom stereocenters. The van der Waals surface area contributed by atoms with E-state index in [0.29, 0.717) is 0 Å². The largest absolute Gasteiger partial charge is 0.494 e. The normalized spacial score (nSPS) is 9.89. The van der Waals surface area contributed by atoms with Crippen molar-refractivity contribution in [3.05, 3.63) is 53.4 Å². The number of hydrogen-bond donors (Lipinski definition) is 0. The number of ether oxygens (including phenoxy) is 1. The van der Waals surface area contributed by atoms with Gasteiger partial charge in [-0.05, 0) is 46.7 Å². The monoisotopic (exact) mass is 252 g/mol. The Labute approximate surface area is 114 Å². The zero-order valence-corrected chi connectivity index (χ0v) is 11.2. The number of benzene rings is 2. The molecule has 0 bridgehead atoms. The number of rotatable bonds is 5. The lowest BCUT2D eigenvalue weighted by atomic mass is 10.1. The molecule has 0 aromatic heterocycles. The third kappa shape index (κ3) is 3.59. The molecule has 19 heavy (non-hydrogen) atoms. The van der Waals surface area contributed by atoms with Gasteiger partial charge in [-0.25, -0.2) is 0 Å². The zero-order chi connectivity index (χ0) is 13.5. The molecule has 2 rings (SSSR count). The van der Waals surface area contributed by atoms with Gasteiger partial charge in [-0.2, -0.15) is 0 Å². The smallest absolute Gasteiger partial charge is 0.339 e. The maximum Gasteiger partial charge on any atom is 0.339 e. The summed E-state index contributed by atoms with van der Waals surface area (Å²) in [6.45, 7) is 8.16. The first-order valence-electron chi connectivity index (χ1n) is 6.57. The van der Waals surface area contributed by atoms with Crippen LogP contribution in [0.2, 0.25) is 0 Å². The molecule has 0 heterocycles. The molecule has 0 aliphatic heterocycles. The van der Waals surface area contributed by atoms with Crippen LogP contribution in [0.1, 0.15) is 19.8 Å². The molecule has 0 amide bonds. The second-order valence-electron chi connectivity index (χ2n) is 4.40. The highest BCUT2D eigenvalue weighted by Crippen LogP contribution is 2.24. The molecule has 0 fully saturated rings. The van der Waals surface area contributed by atoms with Crippen LogP contribution < -0.4 is 4.74 Å². The first kappa shape index (κ1) is 13.2. The maximum atomic E-state index is 5.64. The lowest BCUT2D eigenvalue weighted by Gasteiger charge is -2.06. The van der Waals surface area contributed by atoms with E-state index in [9.17, 15) is 0 Å². The average molecular weight is 252 g/mol. The van der Waals surface area contributed by atoms with Crippen molar-refractivity contribution < 1.29 is 4.74 Å². The summed E-state index contributed by atoms with van der Waals surface area (Å²) in [6, 6.07) is 16.0. The summed E-state index contributed by atoms with van der Waals surface area (Å²) in [7, 11) is 0. The number of hydrogen-bond acceptors (Lipinski definition) is 1. The highest BCUT2D eigenvalue weighted by molar-refractivity contribution is 5.66. The Hall–Kier alpha value is -2.27. The van der Waals surface area contributed by atoms with E-state index in [0.717, 1.165) is 42.0 Å². The quantitative estimate of drug-likeness (QED) is 0.673. The van der Waals surface area contributed by atoms with E-state index >= 15 is 0 Å². The molecule has 0 radical (unpaired) electrons. The molecular formula is C17H18NO+. The van der Waals surface area contributed by atoms with Crippen molar-refractivity contribution in [2.45, 2.75) is 19.8 Å². The first-order valence-corrected chi connectivity index (χ1v) is 6.57. The van der Waals surface area contributed by atoms with Gasteiger partial charge < -0.3 is 4.74 Å². The van der Waals surface area contributed by atoms with E-state index in [1.807, 2.05) is 36.4 Å². The van der Waals surface area contributed by atoms with Gasteiger partial charge in [-0.1, -0.05) is 25.5 Å².